The van der Waals surface area contributed by atoms with Crippen molar-refractivity contribution in [3.63, 3.8) is 0 Å². The van der Waals surface area contributed by atoms with Crippen LogP contribution in [0.15, 0.2) is 18.2 Å². The van der Waals surface area contributed by atoms with Crippen molar-refractivity contribution in [3.05, 3.63) is 35.1 Å². The van der Waals surface area contributed by atoms with Gasteiger partial charge in [0.2, 0.25) is 0 Å². The number of carbonyl (C=O) groups is 1. The van der Waals surface area contributed by atoms with Crippen molar-refractivity contribution >= 4 is 5.78 Å². The van der Waals surface area contributed by atoms with Crippen LogP contribution in [0.5, 0.6) is 0 Å². The molecule has 14 heavy (non-hydrogen) atoms. The quantitative estimate of drug-likeness (QED) is 0.613. The predicted octanol–water partition coefficient (Wildman–Crippen LogP) is 2.37. The highest BCUT2D eigenvalue weighted by Gasteiger charge is 2.53. The summed E-state index contributed by atoms with van der Waals surface area (Å²) in [6, 6.07) is 5.13. The zero-order valence-electron chi connectivity index (χ0n) is 7.85. The fourth-order valence-electron chi connectivity index (χ4n) is 2.56. The van der Waals surface area contributed by atoms with E-state index in [-0.39, 0.29) is 11.2 Å². The van der Waals surface area contributed by atoms with Crippen LogP contribution in [0.25, 0.3) is 0 Å². The molecule has 0 saturated heterocycles. The Labute approximate surface area is 81.9 Å². The van der Waals surface area contributed by atoms with Gasteiger partial charge in [-0.05, 0) is 36.5 Å². The molecule has 1 fully saturated rings. The molecule has 0 N–H and O–H groups in total. The molecule has 3 rings (SSSR count). The number of hydrogen-bond donors (Lipinski definition) is 0. The molecule has 0 unspecified atom stereocenters. The third-order valence-corrected chi connectivity index (χ3v) is 3.52. The summed E-state index contributed by atoms with van der Waals surface area (Å²) in [5, 5.41) is 0. The van der Waals surface area contributed by atoms with Gasteiger partial charge in [0, 0.05) is 6.42 Å². The van der Waals surface area contributed by atoms with Crippen molar-refractivity contribution < 1.29 is 9.18 Å². The van der Waals surface area contributed by atoms with Gasteiger partial charge in [0.05, 0.1) is 5.41 Å². The van der Waals surface area contributed by atoms with Crippen molar-refractivity contribution in [2.24, 2.45) is 0 Å². The van der Waals surface area contributed by atoms with Crippen LogP contribution in [-0.4, -0.2) is 5.78 Å². The summed E-state index contributed by atoms with van der Waals surface area (Å²) in [5.41, 5.74) is 1.48. The van der Waals surface area contributed by atoms with Gasteiger partial charge in [0.15, 0.2) is 0 Å². The van der Waals surface area contributed by atoms with Crippen LogP contribution < -0.4 is 0 Å². The predicted molar refractivity (Wildman–Crippen MR) is 50.6 cm³/mol. The van der Waals surface area contributed by atoms with E-state index in [1.807, 2.05) is 6.07 Å². The Morgan fingerprint density at radius 1 is 1.21 bits per heavy atom. The highest BCUT2D eigenvalue weighted by molar-refractivity contribution is 5.95. The van der Waals surface area contributed by atoms with Crippen LogP contribution in [0.2, 0.25) is 0 Å². The number of rotatable bonds is 0. The highest BCUT2D eigenvalue weighted by atomic mass is 19.1. The van der Waals surface area contributed by atoms with E-state index < -0.39 is 0 Å². The third-order valence-electron chi connectivity index (χ3n) is 3.52. The second-order valence-electron chi connectivity index (χ2n) is 4.27. The molecule has 0 atom stereocenters. The lowest BCUT2D eigenvalue weighted by atomic mass is 9.79. The summed E-state index contributed by atoms with van der Waals surface area (Å²) in [4.78, 5) is 11.7. The second kappa shape index (κ2) is 2.44. The van der Waals surface area contributed by atoms with Crippen molar-refractivity contribution in [1.82, 2.24) is 0 Å². The topological polar surface area (TPSA) is 17.1 Å². The number of carbonyl (C=O) groups excluding carboxylic acids is 1. The number of hydrogen-bond acceptors (Lipinski definition) is 1. The van der Waals surface area contributed by atoms with Crippen LogP contribution in [-0.2, 0) is 16.6 Å². The zero-order chi connectivity index (χ0) is 9.76. The lowest BCUT2D eigenvalue weighted by Gasteiger charge is -2.24. The Morgan fingerprint density at radius 2 is 2.00 bits per heavy atom. The number of ketones is 1. The lowest BCUT2D eigenvalue weighted by molar-refractivity contribution is -0.121. The number of benzene rings is 1. The molecule has 1 aromatic carbocycles. The van der Waals surface area contributed by atoms with E-state index in [9.17, 15) is 9.18 Å². The normalized spacial score (nSPS) is 22.2. The fourth-order valence-corrected chi connectivity index (χ4v) is 2.56. The molecule has 1 saturated carbocycles. The summed E-state index contributed by atoms with van der Waals surface area (Å²) in [6.45, 7) is 0. The summed E-state index contributed by atoms with van der Waals surface area (Å²) in [5.74, 6) is 0.178. The van der Waals surface area contributed by atoms with Crippen LogP contribution in [0, 0.1) is 5.82 Å². The molecule has 2 heteroatoms. The first-order valence-corrected chi connectivity index (χ1v) is 5.05. The molecule has 2 aliphatic carbocycles. The highest BCUT2D eigenvalue weighted by Crippen LogP contribution is 2.53. The standard InChI is InChI=1S/C12H11FO/c13-10-3-1-2-9-8(10)4-5-11(14)12(9)6-7-12/h1-3H,4-7H2. The molecule has 2 aliphatic rings. The van der Waals surface area contributed by atoms with E-state index in [2.05, 4.69) is 0 Å². The molecule has 1 spiro atoms. The third kappa shape index (κ3) is 0.861. The molecule has 1 nitrogen and oxygen atoms in total. The van der Waals surface area contributed by atoms with E-state index in [4.69, 9.17) is 0 Å². The first kappa shape index (κ1) is 8.16. The molecule has 0 amide bonds. The van der Waals surface area contributed by atoms with Crippen molar-refractivity contribution in [2.75, 3.05) is 0 Å². The van der Waals surface area contributed by atoms with Crippen LogP contribution in [0.1, 0.15) is 30.4 Å². The molecular formula is C12H11FO. The second-order valence-corrected chi connectivity index (χ2v) is 4.27. The molecule has 0 heterocycles. The Morgan fingerprint density at radius 3 is 2.71 bits per heavy atom. The minimum Gasteiger partial charge on any atom is -0.299 e. The SMILES string of the molecule is O=C1CCc2c(F)cccc2C12CC2. The van der Waals surface area contributed by atoms with Gasteiger partial charge in [-0.2, -0.15) is 0 Å². The largest absolute Gasteiger partial charge is 0.299 e. The van der Waals surface area contributed by atoms with Gasteiger partial charge in [-0.15, -0.1) is 0 Å². The average Bonchev–Trinajstić information content (AvgIpc) is 2.94. The molecule has 0 bridgehead atoms. The van der Waals surface area contributed by atoms with E-state index in [0.717, 1.165) is 24.0 Å². The monoisotopic (exact) mass is 190 g/mol. The fraction of sp³-hybridized carbons (Fsp3) is 0.417. The van der Waals surface area contributed by atoms with Gasteiger partial charge in [-0.3, -0.25) is 4.79 Å². The molecular weight excluding hydrogens is 179 g/mol. The summed E-state index contributed by atoms with van der Waals surface area (Å²) in [6.07, 6.45) is 2.95. The van der Waals surface area contributed by atoms with Gasteiger partial charge >= 0.3 is 0 Å². The number of halogens is 1. The van der Waals surface area contributed by atoms with E-state index in [0.29, 0.717) is 18.6 Å². The summed E-state index contributed by atoms with van der Waals surface area (Å²) in [7, 11) is 0. The Kier molecular flexibility index (Phi) is 1.42. The van der Waals surface area contributed by atoms with Crippen molar-refractivity contribution in [1.29, 1.82) is 0 Å². The first-order chi connectivity index (χ1) is 6.74. The van der Waals surface area contributed by atoms with Crippen LogP contribution in [0.4, 0.5) is 4.39 Å². The summed E-state index contributed by atoms with van der Waals surface area (Å²) >= 11 is 0. The minimum absolute atomic E-state index is 0.138. The Balaban J connectivity index is 2.23. The average molecular weight is 190 g/mol. The van der Waals surface area contributed by atoms with Gasteiger partial charge in [0.1, 0.15) is 11.6 Å². The van der Waals surface area contributed by atoms with Gasteiger partial charge in [-0.1, -0.05) is 12.1 Å². The number of Topliss-reactive ketones (excluding diaryl/α,β-unsaturated/α-hetero) is 1. The molecule has 0 aromatic heterocycles. The van der Waals surface area contributed by atoms with Crippen molar-refractivity contribution in [2.45, 2.75) is 31.1 Å². The maximum Gasteiger partial charge on any atom is 0.143 e. The van der Waals surface area contributed by atoms with Gasteiger partial charge < -0.3 is 0 Å². The summed E-state index contributed by atoms with van der Waals surface area (Å²) < 4.78 is 13.5. The number of fused-ring (bicyclic) bond motifs is 2. The maximum atomic E-state index is 13.5. The molecule has 0 radical (unpaired) electrons. The van der Waals surface area contributed by atoms with Crippen LogP contribution >= 0.6 is 0 Å². The van der Waals surface area contributed by atoms with E-state index in [1.165, 1.54) is 6.07 Å². The Hall–Kier alpha value is -1.18. The minimum atomic E-state index is -0.268. The zero-order valence-corrected chi connectivity index (χ0v) is 7.85. The smallest absolute Gasteiger partial charge is 0.143 e. The first-order valence-electron chi connectivity index (χ1n) is 5.05. The van der Waals surface area contributed by atoms with Gasteiger partial charge in [-0.25, -0.2) is 4.39 Å². The molecule has 0 aliphatic heterocycles. The van der Waals surface area contributed by atoms with Crippen molar-refractivity contribution in [3.8, 4) is 0 Å². The lowest BCUT2D eigenvalue weighted by Crippen LogP contribution is -2.27. The van der Waals surface area contributed by atoms with Crippen LogP contribution in [0.3, 0.4) is 0 Å². The molecule has 72 valence electrons. The molecule has 1 aromatic rings. The maximum absolute atomic E-state index is 13.5. The van der Waals surface area contributed by atoms with Gasteiger partial charge in [0.25, 0.3) is 0 Å². The van der Waals surface area contributed by atoms with E-state index >= 15 is 0 Å². The van der Waals surface area contributed by atoms with E-state index in [1.54, 1.807) is 6.07 Å². The Bertz CT molecular complexity index is 418.